The molecule has 1 aliphatic rings. The van der Waals surface area contributed by atoms with Gasteiger partial charge in [0.25, 0.3) is 0 Å². The second-order valence-electron chi connectivity index (χ2n) is 4.37. The largest absolute Gasteiger partial charge is 0.337 e. The Labute approximate surface area is 91.3 Å². The van der Waals surface area contributed by atoms with Crippen molar-refractivity contribution >= 4 is 0 Å². The van der Waals surface area contributed by atoms with Gasteiger partial charge >= 0.3 is 0 Å². The average Bonchev–Trinajstić information content (AvgIpc) is 2.66. The number of aryl methyl sites for hydroxylation is 1. The lowest BCUT2D eigenvalue weighted by molar-refractivity contribution is 0.190. The molecule has 0 radical (unpaired) electrons. The topological polar surface area (TPSA) is 33.1 Å². The van der Waals surface area contributed by atoms with Crippen molar-refractivity contribution in [2.24, 2.45) is 7.05 Å². The van der Waals surface area contributed by atoms with E-state index in [0.29, 0.717) is 6.04 Å². The standard InChI is InChI=1S/C11H20N4/c1-14-7-6-13-11(14)9-15(2)10-4-3-5-12-8-10/h6-7,10,12H,3-5,8-9H2,1-2H3. The van der Waals surface area contributed by atoms with E-state index >= 15 is 0 Å². The Morgan fingerprint density at radius 2 is 2.53 bits per heavy atom. The summed E-state index contributed by atoms with van der Waals surface area (Å²) < 4.78 is 2.09. The van der Waals surface area contributed by atoms with E-state index in [0.717, 1.165) is 18.9 Å². The molecule has 1 aromatic rings. The zero-order chi connectivity index (χ0) is 10.7. The van der Waals surface area contributed by atoms with Crippen molar-refractivity contribution in [1.82, 2.24) is 19.8 Å². The van der Waals surface area contributed by atoms with Gasteiger partial charge in [-0.15, -0.1) is 0 Å². The number of hydrogen-bond donors (Lipinski definition) is 1. The zero-order valence-electron chi connectivity index (χ0n) is 9.61. The third-order valence-corrected chi connectivity index (χ3v) is 3.21. The van der Waals surface area contributed by atoms with Crippen LogP contribution in [0.15, 0.2) is 12.4 Å². The molecule has 2 rings (SSSR count). The molecule has 0 amide bonds. The van der Waals surface area contributed by atoms with E-state index in [4.69, 9.17) is 0 Å². The lowest BCUT2D eigenvalue weighted by Crippen LogP contribution is -2.44. The van der Waals surface area contributed by atoms with Crippen LogP contribution in [0, 0.1) is 0 Å². The van der Waals surface area contributed by atoms with Crippen LogP contribution in [0.2, 0.25) is 0 Å². The second kappa shape index (κ2) is 4.77. The maximum atomic E-state index is 4.35. The van der Waals surface area contributed by atoms with Crippen LogP contribution in [0.1, 0.15) is 18.7 Å². The van der Waals surface area contributed by atoms with Gasteiger partial charge in [0.2, 0.25) is 0 Å². The third kappa shape index (κ3) is 2.58. The number of aromatic nitrogens is 2. The summed E-state index contributed by atoms with van der Waals surface area (Å²) in [7, 11) is 4.24. The van der Waals surface area contributed by atoms with Gasteiger partial charge in [0.05, 0.1) is 6.54 Å². The van der Waals surface area contributed by atoms with E-state index in [-0.39, 0.29) is 0 Å². The minimum Gasteiger partial charge on any atom is -0.337 e. The van der Waals surface area contributed by atoms with Crippen LogP contribution in [-0.4, -0.2) is 40.6 Å². The lowest BCUT2D eigenvalue weighted by Gasteiger charge is -2.31. The van der Waals surface area contributed by atoms with Gasteiger partial charge in [-0.1, -0.05) is 0 Å². The summed E-state index contributed by atoms with van der Waals surface area (Å²) in [6.45, 7) is 3.23. The van der Waals surface area contributed by atoms with Gasteiger partial charge < -0.3 is 9.88 Å². The molecule has 0 aromatic carbocycles. The number of imidazole rings is 1. The number of likely N-dealkylation sites (N-methyl/N-ethyl adjacent to an activating group) is 1. The maximum absolute atomic E-state index is 4.35. The molecule has 4 nitrogen and oxygen atoms in total. The van der Waals surface area contributed by atoms with E-state index in [2.05, 4.69) is 33.9 Å². The summed E-state index contributed by atoms with van der Waals surface area (Å²) in [6.07, 6.45) is 6.45. The highest BCUT2D eigenvalue weighted by molar-refractivity contribution is 4.92. The van der Waals surface area contributed by atoms with Gasteiger partial charge in [-0.3, -0.25) is 4.90 Å². The molecular weight excluding hydrogens is 188 g/mol. The Balaban J connectivity index is 1.91. The second-order valence-corrected chi connectivity index (χ2v) is 4.37. The Kier molecular flexibility index (Phi) is 3.38. The van der Waals surface area contributed by atoms with Crippen molar-refractivity contribution in [1.29, 1.82) is 0 Å². The number of hydrogen-bond acceptors (Lipinski definition) is 3. The van der Waals surface area contributed by atoms with Gasteiger partial charge in [0, 0.05) is 32.0 Å². The van der Waals surface area contributed by atoms with Gasteiger partial charge in [-0.05, 0) is 26.4 Å². The summed E-state index contributed by atoms with van der Waals surface area (Å²) in [4.78, 5) is 6.75. The molecule has 1 saturated heterocycles. The molecule has 1 atom stereocenters. The number of nitrogens with zero attached hydrogens (tertiary/aromatic N) is 3. The molecule has 2 heterocycles. The first kappa shape index (κ1) is 10.6. The SMILES string of the molecule is CN(Cc1nccn1C)C1CCCNC1. The highest BCUT2D eigenvalue weighted by Gasteiger charge is 2.18. The Morgan fingerprint density at radius 3 is 3.13 bits per heavy atom. The monoisotopic (exact) mass is 208 g/mol. The lowest BCUT2D eigenvalue weighted by atomic mass is 10.1. The van der Waals surface area contributed by atoms with Crippen LogP contribution in [-0.2, 0) is 13.6 Å². The summed E-state index contributed by atoms with van der Waals surface area (Å²) in [5, 5.41) is 3.44. The van der Waals surface area contributed by atoms with Crippen LogP contribution >= 0.6 is 0 Å². The smallest absolute Gasteiger partial charge is 0.122 e. The maximum Gasteiger partial charge on any atom is 0.122 e. The highest BCUT2D eigenvalue weighted by atomic mass is 15.2. The van der Waals surface area contributed by atoms with Crippen molar-refractivity contribution in [2.75, 3.05) is 20.1 Å². The van der Waals surface area contributed by atoms with Gasteiger partial charge in [-0.2, -0.15) is 0 Å². The van der Waals surface area contributed by atoms with Crippen LogP contribution in [0.25, 0.3) is 0 Å². The molecule has 84 valence electrons. The van der Waals surface area contributed by atoms with E-state index < -0.39 is 0 Å². The molecule has 0 spiro atoms. The Bertz CT molecular complexity index is 301. The first-order chi connectivity index (χ1) is 7.27. The summed E-state index contributed by atoms with van der Waals surface area (Å²) >= 11 is 0. The van der Waals surface area contributed by atoms with Gasteiger partial charge in [-0.25, -0.2) is 4.98 Å². The van der Waals surface area contributed by atoms with Crippen molar-refractivity contribution in [3.8, 4) is 0 Å². The molecule has 1 N–H and O–H groups in total. The molecule has 1 aliphatic heterocycles. The molecule has 1 unspecified atom stereocenters. The highest BCUT2D eigenvalue weighted by Crippen LogP contribution is 2.11. The normalized spacial score (nSPS) is 22.2. The Hall–Kier alpha value is -0.870. The van der Waals surface area contributed by atoms with E-state index in [1.807, 2.05) is 12.4 Å². The minimum absolute atomic E-state index is 0.662. The van der Waals surface area contributed by atoms with Crippen molar-refractivity contribution in [3.63, 3.8) is 0 Å². The van der Waals surface area contributed by atoms with E-state index in [1.54, 1.807) is 0 Å². The molecule has 0 saturated carbocycles. The fourth-order valence-electron chi connectivity index (χ4n) is 2.11. The van der Waals surface area contributed by atoms with Gasteiger partial charge in [0.1, 0.15) is 5.82 Å². The number of nitrogens with one attached hydrogen (secondary N) is 1. The number of piperidine rings is 1. The Morgan fingerprint density at radius 1 is 1.67 bits per heavy atom. The minimum atomic E-state index is 0.662. The molecule has 1 fully saturated rings. The van der Waals surface area contributed by atoms with Crippen molar-refractivity contribution in [3.05, 3.63) is 18.2 Å². The fraction of sp³-hybridized carbons (Fsp3) is 0.727. The summed E-state index contributed by atoms with van der Waals surface area (Å²) in [5.41, 5.74) is 0. The van der Waals surface area contributed by atoms with Crippen LogP contribution < -0.4 is 5.32 Å². The van der Waals surface area contributed by atoms with Crippen molar-refractivity contribution < 1.29 is 0 Å². The summed E-state index contributed by atoms with van der Waals surface area (Å²) in [6, 6.07) is 0.662. The first-order valence-electron chi connectivity index (χ1n) is 5.64. The van der Waals surface area contributed by atoms with Gasteiger partial charge in [0.15, 0.2) is 0 Å². The summed E-state index contributed by atoms with van der Waals surface area (Å²) in [5.74, 6) is 1.14. The molecule has 4 heteroatoms. The molecule has 0 aliphatic carbocycles. The first-order valence-corrected chi connectivity index (χ1v) is 5.64. The predicted molar refractivity (Wildman–Crippen MR) is 60.6 cm³/mol. The quantitative estimate of drug-likeness (QED) is 0.790. The van der Waals surface area contributed by atoms with Crippen molar-refractivity contribution in [2.45, 2.75) is 25.4 Å². The van der Waals surface area contributed by atoms with E-state index in [1.165, 1.54) is 19.4 Å². The molecule has 15 heavy (non-hydrogen) atoms. The molecule has 0 bridgehead atoms. The number of rotatable bonds is 3. The average molecular weight is 208 g/mol. The predicted octanol–water partition coefficient (Wildman–Crippen LogP) is 0.604. The van der Waals surface area contributed by atoms with Crippen LogP contribution in [0.5, 0.6) is 0 Å². The third-order valence-electron chi connectivity index (χ3n) is 3.21. The fourth-order valence-corrected chi connectivity index (χ4v) is 2.11. The molecular formula is C11H20N4. The van der Waals surface area contributed by atoms with Crippen LogP contribution in [0.3, 0.4) is 0 Å². The van der Waals surface area contributed by atoms with Crippen LogP contribution in [0.4, 0.5) is 0 Å². The molecule has 1 aromatic heterocycles. The zero-order valence-corrected chi connectivity index (χ0v) is 9.61. The van der Waals surface area contributed by atoms with E-state index in [9.17, 15) is 0 Å².